The molecular weight excluding hydrogens is 370 g/mol. The number of rotatable bonds is 4. The van der Waals surface area contributed by atoms with Crippen molar-refractivity contribution in [3.05, 3.63) is 58.8 Å². The number of halogens is 1. The fourth-order valence-corrected chi connectivity index (χ4v) is 3.23. The van der Waals surface area contributed by atoms with Gasteiger partial charge in [-0.25, -0.2) is 0 Å². The number of carbonyl (C=O) groups excluding carboxylic acids is 2. The average Bonchev–Trinajstić information content (AvgIpc) is 2.97. The second-order valence-corrected chi connectivity index (χ2v) is 6.81. The fourth-order valence-electron chi connectivity index (χ4n) is 2.84. The van der Waals surface area contributed by atoms with E-state index in [1.807, 2.05) is 43.3 Å². The number of aromatic nitrogens is 1. The van der Waals surface area contributed by atoms with Crippen molar-refractivity contribution < 1.29 is 9.59 Å². The lowest BCUT2D eigenvalue weighted by Gasteiger charge is -2.19. The molecule has 0 spiro atoms. The zero-order valence-corrected chi connectivity index (χ0v) is 14.9. The topological polar surface area (TPSA) is 62.3 Å². The zero-order valence-electron chi connectivity index (χ0n) is 13.3. The van der Waals surface area contributed by atoms with Gasteiger partial charge in [0.15, 0.2) is 0 Å². The third-order valence-electron chi connectivity index (χ3n) is 4.18. The van der Waals surface area contributed by atoms with Crippen LogP contribution < -0.4 is 10.2 Å². The van der Waals surface area contributed by atoms with Crippen LogP contribution in [0.1, 0.15) is 24.9 Å². The Labute approximate surface area is 149 Å². The molecule has 0 aliphatic carbocycles. The van der Waals surface area contributed by atoms with Crippen LogP contribution in [-0.4, -0.2) is 23.3 Å². The van der Waals surface area contributed by atoms with Crippen molar-refractivity contribution in [1.82, 2.24) is 10.3 Å². The van der Waals surface area contributed by atoms with Gasteiger partial charge >= 0.3 is 0 Å². The van der Waals surface area contributed by atoms with E-state index in [2.05, 4.69) is 26.2 Å². The van der Waals surface area contributed by atoms with Gasteiger partial charge in [0.05, 0.1) is 12.0 Å². The Bertz CT molecular complexity index is 751. The van der Waals surface area contributed by atoms with Gasteiger partial charge in [-0.3, -0.25) is 14.6 Å². The van der Waals surface area contributed by atoms with Crippen LogP contribution in [0.4, 0.5) is 5.69 Å². The quantitative estimate of drug-likeness (QED) is 0.876. The van der Waals surface area contributed by atoms with Crippen LogP contribution in [-0.2, 0) is 9.59 Å². The molecule has 2 atom stereocenters. The van der Waals surface area contributed by atoms with E-state index in [4.69, 9.17) is 0 Å². The molecule has 0 bridgehead atoms. The van der Waals surface area contributed by atoms with Gasteiger partial charge < -0.3 is 10.2 Å². The van der Waals surface area contributed by atoms with Crippen molar-refractivity contribution in [2.45, 2.75) is 19.4 Å². The third-order valence-corrected chi connectivity index (χ3v) is 4.67. The average molecular weight is 388 g/mol. The van der Waals surface area contributed by atoms with Crippen LogP contribution in [0.15, 0.2) is 53.3 Å². The summed E-state index contributed by atoms with van der Waals surface area (Å²) < 4.78 is 0.909. The summed E-state index contributed by atoms with van der Waals surface area (Å²) >= 11 is 3.41. The minimum atomic E-state index is -0.333. The molecule has 2 amide bonds. The Balaban J connectivity index is 1.66. The van der Waals surface area contributed by atoms with Gasteiger partial charge in [0, 0.05) is 35.5 Å². The van der Waals surface area contributed by atoms with Gasteiger partial charge in [-0.1, -0.05) is 22.0 Å². The molecule has 1 N–H and O–H groups in total. The lowest BCUT2D eigenvalue weighted by Crippen LogP contribution is -2.34. The molecule has 2 aromatic rings. The molecule has 0 radical (unpaired) electrons. The molecule has 2 heterocycles. The summed E-state index contributed by atoms with van der Waals surface area (Å²) in [5, 5.41) is 2.99. The van der Waals surface area contributed by atoms with E-state index in [0.29, 0.717) is 6.54 Å². The number of nitrogens with one attached hydrogen (secondary N) is 1. The Morgan fingerprint density at radius 1 is 1.33 bits per heavy atom. The molecule has 1 aromatic heterocycles. The number of anilines is 1. The van der Waals surface area contributed by atoms with Crippen molar-refractivity contribution in [2.24, 2.45) is 5.92 Å². The van der Waals surface area contributed by atoms with Crippen LogP contribution in [0.2, 0.25) is 0 Å². The van der Waals surface area contributed by atoms with Crippen molar-refractivity contribution in [2.75, 3.05) is 11.4 Å². The molecular formula is C18H18BrN3O2. The minimum absolute atomic E-state index is 0.0233. The molecule has 5 nitrogen and oxygen atoms in total. The van der Waals surface area contributed by atoms with E-state index in [0.717, 1.165) is 15.7 Å². The van der Waals surface area contributed by atoms with E-state index in [-0.39, 0.29) is 30.2 Å². The van der Waals surface area contributed by atoms with Crippen LogP contribution in [0.25, 0.3) is 0 Å². The molecule has 0 saturated carbocycles. The summed E-state index contributed by atoms with van der Waals surface area (Å²) in [6.45, 7) is 2.33. The van der Waals surface area contributed by atoms with Gasteiger partial charge in [-0.2, -0.15) is 0 Å². The van der Waals surface area contributed by atoms with Gasteiger partial charge in [-0.05, 0) is 42.8 Å². The molecule has 1 saturated heterocycles. The predicted molar refractivity (Wildman–Crippen MR) is 95.4 cm³/mol. The molecule has 6 heteroatoms. The molecule has 1 aliphatic rings. The van der Waals surface area contributed by atoms with Gasteiger partial charge in [-0.15, -0.1) is 0 Å². The summed E-state index contributed by atoms with van der Waals surface area (Å²) in [7, 11) is 0. The van der Waals surface area contributed by atoms with Crippen LogP contribution in [0, 0.1) is 5.92 Å². The van der Waals surface area contributed by atoms with Crippen molar-refractivity contribution in [1.29, 1.82) is 0 Å². The van der Waals surface area contributed by atoms with Crippen molar-refractivity contribution >= 4 is 33.4 Å². The first-order valence-electron chi connectivity index (χ1n) is 7.81. The number of nitrogens with zero attached hydrogens (tertiary/aromatic N) is 2. The molecule has 3 rings (SSSR count). The van der Waals surface area contributed by atoms with Crippen LogP contribution in [0.3, 0.4) is 0 Å². The van der Waals surface area contributed by atoms with E-state index in [1.165, 1.54) is 0 Å². The first-order valence-corrected chi connectivity index (χ1v) is 8.60. The first-order chi connectivity index (χ1) is 11.5. The lowest BCUT2D eigenvalue weighted by molar-refractivity contribution is -0.126. The van der Waals surface area contributed by atoms with Crippen molar-refractivity contribution in [3.8, 4) is 0 Å². The Morgan fingerprint density at radius 2 is 2.08 bits per heavy atom. The summed E-state index contributed by atoms with van der Waals surface area (Å²) in [6, 6.07) is 11.2. The predicted octanol–water partition coefficient (Wildman–Crippen LogP) is 3.07. The normalized spacial score (nSPS) is 18.5. The first kappa shape index (κ1) is 16.6. The Hall–Kier alpha value is -2.21. The highest BCUT2D eigenvalue weighted by Crippen LogP contribution is 2.27. The van der Waals surface area contributed by atoms with Gasteiger partial charge in [0.2, 0.25) is 11.8 Å². The molecule has 1 aromatic carbocycles. The second kappa shape index (κ2) is 7.13. The monoisotopic (exact) mass is 387 g/mol. The van der Waals surface area contributed by atoms with E-state index in [1.54, 1.807) is 17.3 Å². The SMILES string of the molecule is CC(NC(=O)C1CC(=O)N(c2cccc(Br)c2)C1)c1ccncc1. The van der Waals surface area contributed by atoms with Crippen LogP contribution in [0.5, 0.6) is 0 Å². The van der Waals surface area contributed by atoms with Gasteiger partial charge in [0.25, 0.3) is 0 Å². The van der Waals surface area contributed by atoms with Crippen molar-refractivity contribution in [3.63, 3.8) is 0 Å². The fraction of sp³-hybridized carbons (Fsp3) is 0.278. The maximum atomic E-state index is 12.5. The summed E-state index contributed by atoms with van der Waals surface area (Å²) in [6.07, 6.45) is 3.64. The summed E-state index contributed by atoms with van der Waals surface area (Å²) in [5.41, 5.74) is 1.80. The molecule has 1 aliphatic heterocycles. The van der Waals surface area contributed by atoms with Crippen LogP contribution >= 0.6 is 15.9 Å². The number of hydrogen-bond donors (Lipinski definition) is 1. The standard InChI is InChI=1S/C18H18BrN3O2/c1-12(13-5-7-20-8-6-13)21-18(24)14-9-17(23)22(11-14)16-4-2-3-15(19)10-16/h2-8,10,12,14H,9,11H2,1H3,(H,21,24). The molecule has 1 fully saturated rings. The van der Waals surface area contributed by atoms with E-state index in [9.17, 15) is 9.59 Å². The summed E-state index contributed by atoms with van der Waals surface area (Å²) in [5.74, 6) is -0.448. The Morgan fingerprint density at radius 3 is 2.79 bits per heavy atom. The van der Waals surface area contributed by atoms with E-state index < -0.39 is 0 Å². The number of hydrogen-bond acceptors (Lipinski definition) is 3. The Kier molecular flexibility index (Phi) is 4.94. The summed E-state index contributed by atoms with van der Waals surface area (Å²) in [4.78, 5) is 30.4. The largest absolute Gasteiger partial charge is 0.349 e. The number of benzene rings is 1. The zero-order chi connectivity index (χ0) is 17.1. The molecule has 24 heavy (non-hydrogen) atoms. The lowest BCUT2D eigenvalue weighted by atomic mass is 10.1. The molecule has 124 valence electrons. The van der Waals surface area contributed by atoms with E-state index >= 15 is 0 Å². The number of carbonyl (C=O) groups is 2. The molecule has 2 unspecified atom stereocenters. The second-order valence-electron chi connectivity index (χ2n) is 5.90. The number of pyridine rings is 1. The highest BCUT2D eigenvalue weighted by molar-refractivity contribution is 9.10. The van der Waals surface area contributed by atoms with Gasteiger partial charge in [0.1, 0.15) is 0 Å². The number of amides is 2. The highest BCUT2D eigenvalue weighted by atomic mass is 79.9. The highest BCUT2D eigenvalue weighted by Gasteiger charge is 2.35. The minimum Gasteiger partial charge on any atom is -0.349 e. The maximum Gasteiger partial charge on any atom is 0.227 e. The smallest absolute Gasteiger partial charge is 0.227 e. The maximum absolute atomic E-state index is 12.5. The third kappa shape index (κ3) is 3.64.